The molecule has 16 heavy (non-hydrogen) atoms. The van der Waals surface area contributed by atoms with Gasteiger partial charge in [-0.1, -0.05) is 25.1 Å². The van der Waals surface area contributed by atoms with Crippen molar-refractivity contribution in [1.82, 2.24) is 9.80 Å². The molecule has 0 atom stereocenters. The lowest BCUT2D eigenvalue weighted by atomic mass is 10.0. The van der Waals surface area contributed by atoms with Crippen molar-refractivity contribution in [3.05, 3.63) is 34.9 Å². The second kappa shape index (κ2) is 6.02. The molecule has 0 aliphatic carbocycles. The first-order chi connectivity index (χ1) is 7.52. The van der Waals surface area contributed by atoms with Crippen LogP contribution in [-0.2, 0) is 19.5 Å². The second-order valence-electron chi connectivity index (χ2n) is 4.93. The van der Waals surface area contributed by atoms with Crippen molar-refractivity contribution in [3.63, 3.8) is 0 Å². The van der Waals surface area contributed by atoms with Crippen LogP contribution >= 0.6 is 0 Å². The number of hydrogen-bond donors (Lipinski definition) is 0. The lowest BCUT2D eigenvalue weighted by molar-refractivity contribution is 0.394. The maximum atomic E-state index is 2.35. The van der Waals surface area contributed by atoms with Crippen LogP contribution in [0, 0.1) is 0 Å². The van der Waals surface area contributed by atoms with Gasteiger partial charge in [-0.15, -0.1) is 0 Å². The smallest absolute Gasteiger partial charge is 0.0230 e. The molecule has 1 aromatic rings. The molecule has 2 heteroatoms. The van der Waals surface area contributed by atoms with Crippen LogP contribution in [0.25, 0.3) is 0 Å². The average molecular weight is 220 g/mol. The predicted octanol–water partition coefficient (Wildman–Crippen LogP) is 2.37. The SMILES string of the molecule is CCc1ccc(CN(C)C)cc1CN(C)C. The molecule has 0 heterocycles. The first kappa shape index (κ1) is 13.2. The molecule has 0 saturated heterocycles. The van der Waals surface area contributed by atoms with E-state index in [0.29, 0.717) is 0 Å². The number of benzene rings is 1. The van der Waals surface area contributed by atoms with Gasteiger partial charge in [-0.3, -0.25) is 0 Å². The number of nitrogens with zero attached hydrogens (tertiary/aromatic N) is 2. The van der Waals surface area contributed by atoms with E-state index in [1.807, 2.05) is 0 Å². The van der Waals surface area contributed by atoms with Crippen molar-refractivity contribution in [1.29, 1.82) is 0 Å². The Balaban J connectivity index is 2.91. The third kappa shape index (κ3) is 3.95. The summed E-state index contributed by atoms with van der Waals surface area (Å²) in [7, 11) is 8.47. The lowest BCUT2D eigenvalue weighted by Crippen LogP contribution is -2.14. The van der Waals surface area contributed by atoms with Gasteiger partial charge in [0.2, 0.25) is 0 Å². The van der Waals surface area contributed by atoms with E-state index in [0.717, 1.165) is 19.5 Å². The van der Waals surface area contributed by atoms with Crippen LogP contribution in [0.5, 0.6) is 0 Å². The van der Waals surface area contributed by atoms with E-state index < -0.39 is 0 Å². The molecular formula is C14H24N2. The van der Waals surface area contributed by atoms with Crippen LogP contribution in [0.3, 0.4) is 0 Å². The molecule has 0 amide bonds. The van der Waals surface area contributed by atoms with Crippen LogP contribution in [0.4, 0.5) is 0 Å². The van der Waals surface area contributed by atoms with Crippen molar-refractivity contribution in [2.24, 2.45) is 0 Å². The molecule has 2 nitrogen and oxygen atoms in total. The highest BCUT2D eigenvalue weighted by Crippen LogP contribution is 2.15. The fourth-order valence-electron chi connectivity index (χ4n) is 1.98. The predicted molar refractivity (Wildman–Crippen MR) is 70.6 cm³/mol. The Labute approximate surface area is 99.9 Å². The quantitative estimate of drug-likeness (QED) is 0.751. The number of rotatable bonds is 5. The summed E-state index contributed by atoms with van der Waals surface area (Å²) < 4.78 is 0. The molecule has 0 aliphatic rings. The summed E-state index contributed by atoms with van der Waals surface area (Å²) in [4.78, 5) is 4.44. The van der Waals surface area contributed by atoms with Gasteiger partial charge in [-0.2, -0.15) is 0 Å². The minimum Gasteiger partial charge on any atom is -0.305 e. The largest absolute Gasteiger partial charge is 0.305 e. The molecule has 0 aliphatic heterocycles. The maximum absolute atomic E-state index is 2.35. The third-order valence-electron chi connectivity index (χ3n) is 2.64. The van der Waals surface area contributed by atoms with Crippen LogP contribution < -0.4 is 0 Å². The molecule has 0 aromatic heterocycles. The molecule has 0 fully saturated rings. The molecule has 0 saturated carbocycles. The van der Waals surface area contributed by atoms with Gasteiger partial charge in [0.25, 0.3) is 0 Å². The Hall–Kier alpha value is -0.860. The van der Waals surface area contributed by atoms with Crippen molar-refractivity contribution >= 4 is 0 Å². The van der Waals surface area contributed by atoms with Crippen LogP contribution in [0.2, 0.25) is 0 Å². The van der Waals surface area contributed by atoms with Crippen LogP contribution in [-0.4, -0.2) is 38.0 Å². The summed E-state index contributed by atoms with van der Waals surface area (Å²) in [6.45, 7) is 4.27. The van der Waals surface area contributed by atoms with Gasteiger partial charge in [0.05, 0.1) is 0 Å². The highest BCUT2D eigenvalue weighted by Gasteiger charge is 2.04. The zero-order valence-electron chi connectivity index (χ0n) is 11.2. The highest BCUT2D eigenvalue weighted by atomic mass is 15.1. The van der Waals surface area contributed by atoms with Crippen LogP contribution in [0.1, 0.15) is 23.6 Å². The number of aryl methyl sites for hydroxylation is 1. The standard InChI is InChI=1S/C14H24N2/c1-6-13-8-7-12(10-15(2)3)9-14(13)11-16(4)5/h7-9H,6,10-11H2,1-5H3. The van der Waals surface area contributed by atoms with E-state index in [1.54, 1.807) is 0 Å². The summed E-state index contributed by atoms with van der Waals surface area (Å²) in [5, 5.41) is 0. The zero-order valence-corrected chi connectivity index (χ0v) is 11.2. The molecule has 1 aromatic carbocycles. The Morgan fingerprint density at radius 1 is 0.875 bits per heavy atom. The molecule has 0 spiro atoms. The molecule has 0 bridgehead atoms. The van der Waals surface area contributed by atoms with Crippen molar-refractivity contribution in [2.45, 2.75) is 26.4 Å². The minimum atomic E-state index is 1.02. The second-order valence-corrected chi connectivity index (χ2v) is 4.93. The van der Waals surface area contributed by atoms with Crippen LogP contribution in [0.15, 0.2) is 18.2 Å². The summed E-state index contributed by atoms with van der Waals surface area (Å²) in [6.07, 6.45) is 1.12. The average Bonchev–Trinajstić information content (AvgIpc) is 2.16. The van der Waals surface area contributed by atoms with E-state index in [4.69, 9.17) is 0 Å². The lowest BCUT2D eigenvalue weighted by Gasteiger charge is -2.16. The van der Waals surface area contributed by atoms with E-state index in [-0.39, 0.29) is 0 Å². The Morgan fingerprint density at radius 3 is 2.00 bits per heavy atom. The van der Waals surface area contributed by atoms with Gasteiger partial charge in [-0.25, -0.2) is 0 Å². The van der Waals surface area contributed by atoms with Gasteiger partial charge in [-0.05, 0) is 51.3 Å². The molecule has 0 unspecified atom stereocenters. The number of hydrogen-bond acceptors (Lipinski definition) is 2. The highest BCUT2D eigenvalue weighted by molar-refractivity contribution is 5.32. The van der Waals surface area contributed by atoms with Crippen molar-refractivity contribution < 1.29 is 0 Å². The fourth-order valence-corrected chi connectivity index (χ4v) is 1.98. The topological polar surface area (TPSA) is 6.48 Å². The van der Waals surface area contributed by atoms with E-state index in [9.17, 15) is 0 Å². The van der Waals surface area contributed by atoms with Crippen molar-refractivity contribution in [2.75, 3.05) is 28.2 Å². The molecule has 0 N–H and O–H groups in total. The first-order valence-corrected chi connectivity index (χ1v) is 5.93. The molecule has 0 radical (unpaired) electrons. The van der Waals surface area contributed by atoms with Gasteiger partial charge in [0.1, 0.15) is 0 Å². The third-order valence-corrected chi connectivity index (χ3v) is 2.64. The Morgan fingerprint density at radius 2 is 1.50 bits per heavy atom. The summed E-state index contributed by atoms with van der Waals surface area (Å²) in [5.74, 6) is 0. The van der Waals surface area contributed by atoms with Crippen molar-refractivity contribution in [3.8, 4) is 0 Å². The summed E-state index contributed by atoms with van der Waals surface area (Å²) in [5.41, 5.74) is 4.34. The summed E-state index contributed by atoms with van der Waals surface area (Å²) >= 11 is 0. The fraction of sp³-hybridized carbons (Fsp3) is 0.571. The monoisotopic (exact) mass is 220 g/mol. The Kier molecular flexibility index (Phi) is 4.97. The van der Waals surface area contributed by atoms with E-state index in [2.05, 4.69) is 63.1 Å². The molecular weight excluding hydrogens is 196 g/mol. The van der Waals surface area contributed by atoms with Gasteiger partial charge in [0.15, 0.2) is 0 Å². The molecule has 1 rings (SSSR count). The normalized spacial score (nSPS) is 11.4. The van der Waals surface area contributed by atoms with E-state index in [1.165, 1.54) is 16.7 Å². The first-order valence-electron chi connectivity index (χ1n) is 5.93. The van der Waals surface area contributed by atoms with Gasteiger partial charge < -0.3 is 9.80 Å². The van der Waals surface area contributed by atoms with Gasteiger partial charge >= 0.3 is 0 Å². The van der Waals surface area contributed by atoms with E-state index >= 15 is 0 Å². The minimum absolute atomic E-state index is 1.02. The maximum Gasteiger partial charge on any atom is 0.0230 e. The summed E-state index contributed by atoms with van der Waals surface area (Å²) in [6, 6.07) is 6.87. The zero-order chi connectivity index (χ0) is 12.1. The molecule has 90 valence electrons. The van der Waals surface area contributed by atoms with Gasteiger partial charge in [0, 0.05) is 13.1 Å². The Bertz CT molecular complexity index is 330.